The summed E-state index contributed by atoms with van der Waals surface area (Å²) >= 11 is 4.27. The number of hydrogen-bond acceptors (Lipinski definition) is 7. The highest BCUT2D eigenvalue weighted by molar-refractivity contribution is 8.00. The molecule has 25 heavy (non-hydrogen) atoms. The third-order valence-corrected chi connectivity index (χ3v) is 6.80. The summed E-state index contributed by atoms with van der Waals surface area (Å²) < 4.78 is 0. The highest BCUT2D eigenvalue weighted by Crippen LogP contribution is 2.36. The summed E-state index contributed by atoms with van der Waals surface area (Å²) in [6.07, 6.45) is 1.52. The van der Waals surface area contributed by atoms with Gasteiger partial charge in [0.15, 0.2) is 0 Å². The molecule has 0 aliphatic rings. The van der Waals surface area contributed by atoms with E-state index < -0.39 is 5.91 Å². The number of fused-ring (bicyclic) bond motifs is 1. The molecule has 3 N–H and O–H groups in total. The molecule has 2 amide bonds. The summed E-state index contributed by atoms with van der Waals surface area (Å²) in [5.41, 5.74) is 6.78. The number of nitrogens with two attached hydrogens (primary N) is 1. The molecule has 130 valence electrons. The zero-order valence-corrected chi connectivity index (χ0v) is 16.3. The lowest BCUT2D eigenvalue weighted by Gasteiger charge is -2.12. The van der Waals surface area contributed by atoms with Gasteiger partial charge in [-0.2, -0.15) is 0 Å². The highest BCUT2D eigenvalue weighted by atomic mass is 32.2. The van der Waals surface area contributed by atoms with Crippen molar-refractivity contribution >= 4 is 61.5 Å². The predicted molar refractivity (Wildman–Crippen MR) is 104 cm³/mol. The topological polar surface area (TPSA) is 98.0 Å². The minimum absolute atomic E-state index is 0.202. The molecule has 9 heteroatoms. The number of aromatic nitrogens is 2. The fraction of sp³-hybridized carbons (Fsp3) is 0.250. The molecular formula is C16H16N4O2S3. The number of primary amides is 1. The van der Waals surface area contributed by atoms with E-state index in [2.05, 4.69) is 22.2 Å². The maximum Gasteiger partial charge on any atom is 0.251 e. The molecule has 0 unspecified atom stereocenters. The van der Waals surface area contributed by atoms with Crippen molar-refractivity contribution in [3.05, 3.63) is 33.8 Å². The minimum atomic E-state index is -0.557. The fourth-order valence-corrected chi connectivity index (χ4v) is 5.11. The molecule has 0 radical (unpaired) electrons. The van der Waals surface area contributed by atoms with Gasteiger partial charge in [-0.15, -0.1) is 22.7 Å². The van der Waals surface area contributed by atoms with E-state index in [9.17, 15) is 9.59 Å². The van der Waals surface area contributed by atoms with Gasteiger partial charge in [-0.1, -0.05) is 11.8 Å². The summed E-state index contributed by atoms with van der Waals surface area (Å²) in [5, 5.41) is 6.37. The van der Waals surface area contributed by atoms with E-state index in [4.69, 9.17) is 5.73 Å². The lowest BCUT2D eigenvalue weighted by atomic mass is 10.2. The average molecular weight is 393 g/mol. The molecule has 3 aromatic heterocycles. The molecule has 0 spiro atoms. The number of nitrogens with zero attached hydrogens (tertiary/aromatic N) is 2. The van der Waals surface area contributed by atoms with Gasteiger partial charge in [0, 0.05) is 10.3 Å². The van der Waals surface area contributed by atoms with Gasteiger partial charge in [0.1, 0.15) is 21.2 Å². The van der Waals surface area contributed by atoms with Crippen molar-refractivity contribution in [1.29, 1.82) is 0 Å². The second kappa shape index (κ2) is 7.11. The zero-order valence-electron chi connectivity index (χ0n) is 13.8. The van der Waals surface area contributed by atoms with Crippen molar-refractivity contribution in [2.75, 3.05) is 5.32 Å². The Bertz CT molecular complexity index is 964. The van der Waals surface area contributed by atoms with Gasteiger partial charge in [-0.3, -0.25) is 9.59 Å². The van der Waals surface area contributed by atoms with E-state index in [1.807, 2.05) is 6.92 Å². The van der Waals surface area contributed by atoms with Crippen molar-refractivity contribution in [1.82, 2.24) is 9.97 Å². The van der Waals surface area contributed by atoms with E-state index in [1.54, 1.807) is 29.7 Å². The van der Waals surface area contributed by atoms with E-state index in [0.717, 1.165) is 20.8 Å². The lowest BCUT2D eigenvalue weighted by Crippen LogP contribution is -2.23. The van der Waals surface area contributed by atoms with Crippen molar-refractivity contribution in [3.63, 3.8) is 0 Å². The summed E-state index contributed by atoms with van der Waals surface area (Å²) in [4.78, 5) is 34.6. The van der Waals surface area contributed by atoms with Crippen LogP contribution in [0.4, 0.5) is 5.00 Å². The minimum Gasteiger partial charge on any atom is -0.366 e. The van der Waals surface area contributed by atoms with Crippen molar-refractivity contribution in [3.8, 4) is 0 Å². The van der Waals surface area contributed by atoms with Crippen LogP contribution in [0, 0.1) is 13.8 Å². The van der Waals surface area contributed by atoms with Crippen molar-refractivity contribution in [2.24, 2.45) is 5.73 Å². The number of aryl methyl sites for hydroxylation is 2. The number of hydrogen-bond donors (Lipinski definition) is 2. The van der Waals surface area contributed by atoms with Gasteiger partial charge in [0.2, 0.25) is 5.91 Å². The van der Waals surface area contributed by atoms with Crippen LogP contribution in [-0.4, -0.2) is 27.0 Å². The monoisotopic (exact) mass is 392 g/mol. The summed E-state index contributed by atoms with van der Waals surface area (Å²) in [7, 11) is 0. The first-order valence-electron chi connectivity index (χ1n) is 7.44. The number of amides is 2. The van der Waals surface area contributed by atoms with E-state index in [-0.39, 0.29) is 11.2 Å². The number of anilines is 1. The van der Waals surface area contributed by atoms with Crippen molar-refractivity contribution in [2.45, 2.75) is 31.0 Å². The number of rotatable bonds is 5. The molecular weight excluding hydrogens is 376 g/mol. The molecule has 0 saturated carbocycles. The van der Waals surface area contributed by atoms with Crippen LogP contribution >= 0.6 is 34.4 Å². The molecule has 0 saturated heterocycles. The lowest BCUT2D eigenvalue weighted by molar-refractivity contribution is -0.115. The van der Waals surface area contributed by atoms with Crippen LogP contribution in [0.3, 0.4) is 0 Å². The molecule has 6 nitrogen and oxygen atoms in total. The number of thioether (sulfide) groups is 1. The standard InChI is InChI=1S/C16H16N4O2S3/c1-7-8(2)24-15-11(7)16(19-6-18-15)25-9(3)13(22)20-14-10(12(17)21)4-5-23-14/h4-6,9H,1-3H3,(H2,17,21)(H,20,22)/t9-/m1/s1. The zero-order chi connectivity index (χ0) is 18.1. The number of carbonyl (C=O) groups is 2. The van der Waals surface area contributed by atoms with Crippen LogP contribution in [0.25, 0.3) is 10.2 Å². The first kappa shape index (κ1) is 17.8. The summed E-state index contributed by atoms with van der Waals surface area (Å²) in [6.45, 7) is 5.89. The van der Waals surface area contributed by atoms with Crippen LogP contribution in [0.2, 0.25) is 0 Å². The summed E-state index contributed by atoms with van der Waals surface area (Å²) in [6, 6.07) is 1.60. The first-order valence-corrected chi connectivity index (χ1v) is 10.0. The highest BCUT2D eigenvalue weighted by Gasteiger charge is 2.21. The van der Waals surface area contributed by atoms with Gasteiger partial charge in [-0.25, -0.2) is 9.97 Å². The van der Waals surface area contributed by atoms with Crippen LogP contribution in [-0.2, 0) is 4.79 Å². The number of thiophene rings is 2. The Balaban J connectivity index is 1.80. The Morgan fingerprint density at radius 2 is 2.08 bits per heavy atom. The molecule has 3 aromatic rings. The molecule has 0 aromatic carbocycles. The van der Waals surface area contributed by atoms with Gasteiger partial charge >= 0.3 is 0 Å². The Labute approximate surface area is 156 Å². The fourth-order valence-electron chi connectivity index (χ4n) is 2.27. The SMILES string of the molecule is Cc1sc2ncnc(S[C@H](C)C(=O)Nc3sccc3C(N)=O)c2c1C. The normalized spacial score (nSPS) is 12.3. The van der Waals surface area contributed by atoms with Gasteiger partial charge < -0.3 is 11.1 Å². The Kier molecular flexibility index (Phi) is 5.07. The number of nitrogens with one attached hydrogen (secondary N) is 1. The molecule has 3 rings (SSSR count). The maximum atomic E-state index is 12.5. The molecule has 3 heterocycles. The van der Waals surface area contributed by atoms with Crippen LogP contribution in [0.1, 0.15) is 27.7 Å². The van der Waals surface area contributed by atoms with Gasteiger partial charge in [-0.05, 0) is 37.8 Å². The molecule has 0 bridgehead atoms. The van der Waals surface area contributed by atoms with E-state index in [1.165, 1.54) is 34.3 Å². The molecule has 0 aliphatic heterocycles. The third kappa shape index (κ3) is 3.53. The third-order valence-electron chi connectivity index (χ3n) is 3.76. The van der Waals surface area contributed by atoms with Crippen LogP contribution in [0.15, 0.2) is 22.8 Å². The first-order chi connectivity index (χ1) is 11.9. The van der Waals surface area contributed by atoms with Crippen LogP contribution in [0.5, 0.6) is 0 Å². The second-order valence-corrected chi connectivity index (χ2v) is 8.87. The second-order valence-electron chi connectivity index (χ2n) is 5.42. The van der Waals surface area contributed by atoms with Crippen molar-refractivity contribution < 1.29 is 9.59 Å². The predicted octanol–water partition coefficient (Wildman–Crippen LogP) is 3.59. The Morgan fingerprint density at radius 3 is 2.80 bits per heavy atom. The van der Waals surface area contributed by atoms with E-state index in [0.29, 0.717) is 10.6 Å². The average Bonchev–Trinajstić information content (AvgIpc) is 3.13. The quantitative estimate of drug-likeness (QED) is 0.511. The van der Waals surface area contributed by atoms with E-state index >= 15 is 0 Å². The van der Waals surface area contributed by atoms with Crippen LogP contribution < -0.4 is 11.1 Å². The Hall–Kier alpha value is -1.97. The molecule has 0 aliphatic carbocycles. The Morgan fingerprint density at radius 1 is 1.32 bits per heavy atom. The maximum absolute atomic E-state index is 12.5. The number of carbonyl (C=O) groups excluding carboxylic acids is 2. The van der Waals surface area contributed by atoms with Gasteiger partial charge in [0.05, 0.1) is 10.8 Å². The summed E-state index contributed by atoms with van der Waals surface area (Å²) in [5.74, 6) is -0.759. The smallest absolute Gasteiger partial charge is 0.251 e. The molecule has 0 fully saturated rings. The van der Waals surface area contributed by atoms with Gasteiger partial charge in [0.25, 0.3) is 5.91 Å². The largest absolute Gasteiger partial charge is 0.366 e. The molecule has 1 atom stereocenters.